The highest BCUT2D eigenvalue weighted by atomic mass is 35.5. The van der Waals surface area contributed by atoms with E-state index in [4.69, 9.17) is 16.2 Å². The first-order valence-electron chi connectivity index (χ1n) is 9.25. The fourth-order valence-electron chi connectivity index (χ4n) is 3.14. The van der Waals surface area contributed by atoms with Gasteiger partial charge in [-0.2, -0.15) is 0 Å². The molecule has 6 nitrogen and oxygen atoms in total. The number of fused-ring (bicyclic) bond motifs is 1. The molecule has 29 heavy (non-hydrogen) atoms. The summed E-state index contributed by atoms with van der Waals surface area (Å²) < 4.78 is 5.74. The number of amides is 1. The molecule has 158 valence electrons. The number of benzene rings is 2. The molecule has 0 fully saturated rings. The average molecular weight is 439 g/mol. The van der Waals surface area contributed by atoms with E-state index in [1.165, 1.54) is 0 Å². The third-order valence-corrected chi connectivity index (χ3v) is 4.72. The van der Waals surface area contributed by atoms with Crippen LogP contribution in [0.4, 0.5) is 5.69 Å². The van der Waals surface area contributed by atoms with E-state index in [1.807, 2.05) is 43.3 Å². The van der Waals surface area contributed by atoms with Crippen molar-refractivity contribution < 1.29 is 9.53 Å². The molecule has 3 rings (SSSR count). The molecule has 1 aliphatic rings. The maximum atomic E-state index is 12.6. The monoisotopic (exact) mass is 438 g/mol. The number of ether oxygens (including phenoxy) is 1. The summed E-state index contributed by atoms with van der Waals surface area (Å²) in [5.41, 5.74) is 14.6. The normalized spacial score (nSPS) is 16.7. The predicted octanol–water partition coefficient (Wildman–Crippen LogP) is 3.90. The third-order valence-electron chi connectivity index (χ3n) is 4.72. The van der Waals surface area contributed by atoms with Crippen molar-refractivity contribution in [2.24, 2.45) is 16.5 Å². The summed E-state index contributed by atoms with van der Waals surface area (Å²) in [6.07, 6.45) is 1.44. The Labute approximate surface area is 183 Å². The summed E-state index contributed by atoms with van der Waals surface area (Å²) in [6.45, 7) is 3.93. The van der Waals surface area contributed by atoms with Crippen molar-refractivity contribution in [2.45, 2.75) is 44.9 Å². The number of amidine groups is 1. The van der Waals surface area contributed by atoms with Crippen LogP contribution in [0.3, 0.4) is 0 Å². The van der Waals surface area contributed by atoms with E-state index in [1.54, 1.807) is 12.1 Å². The van der Waals surface area contributed by atoms with Gasteiger partial charge in [-0.15, -0.1) is 24.8 Å². The van der Waals surface area contributed by atoms with Gasteiger partial charge in [0, 0.05) is 11.6 Å². The number of carbonyl (C=O) groups is 1. The van der Waals surface area contributed by atoms with Crippen LogP contribution in [0.25, 0.3) is 0 Å². The Balaban J connectivity index is 0.00000210. The van der Waals surface area contributed by atoms with Crippen LogP contribution in [-0.2, 0) is 0 Å². The number of hydrogen-bond donors (Lipinski definition) is 3. The first kappa shape index (κ1) is 24.8. The minimum Gasteiger partial charge on any atom is -0.481 e. The molecule has 1 heterocycles. The van der Waals surface area contributed by atoms with Gasteiger partial charge in [0.15, 0.2) is 6.10 Å². The highest BCUT2D eigenvalue weighted by molar-refractivity contribution is 5.94. The molecule has 0 saturated heterocycles. The highest BCUT2D eigenvalue weighted by Gasteiger charge is 2.24. The van der Waals surface area contributed by atoms with E-state index in [0.717, 1.165) is 18.4 Å². The SMILES string of the molecule is CCCC(NC(=O)c1ccccc1)C(N)c1ccc2c(c1)N=C(N)C(C)O2.Cl.Cl. The van der Waals surface area contributed by atoms with Gasteiger partial charge in [-0.3, -0.25) is 4.79 Å². The van der Waals surface area contributed by atoms with Crippen LogP contribution in [0.1, 0.15) is 48.7 Å². The number of nitrogens with two attached hydrogens (primary N) is 2. The maximum Gasteiger partial charge on any atom is 0.251 e. The number of hydrogen-bond acceptors (Lipinski definition) is 5. The highest BCUT2D eigenvalue weighted by Crippen LogP contribution is 2.34. The van der Waals surface area contributed by atoms with E-state index in [0.29, 0.717) is 22.8 Å². The number of nitrogens with one attached hydrogen (secondary N) is 1. The molecule has 0 saturated carbocycles. The van der Waals surface area contributed by atoms with Gasteiger partial charge in [-0.25, -0.2) is 4.99 Å². The lowest BCUT2D eigenvalue weighted by atomic mass is 9.95. The zero-order valence-electron chi connectivity index (χ0n) is 16.5. The Morgan fingerprint density at radius 3 is 2.55 bits per heavy atom. The molecule has 0 bridgehead atoms. The van der Waals surface area contributed by atoms with E-state index in [9.17, 15) is 4.79 Å². The largest absolute Gasteiger partial charge is 0.481 e. The molecule has 3 atom stereocenters. The predicted molar refractivity (Wildman–Crippen MR) is 122 cm³/mol. The molecule has 2 aromatic rings. The van der Waals surface area contributed by atoms with Crippen molar-refractivity contribution in [3.8, 4) is 5.75 Å². The van der Waals surface area contributed by atoms with Gasteiger partial charge in [0.25, 0.3) is 5.91 Å². The van der Waals surface area contributed by atoms with Crippen molar-refractivity contribution in [2.75, 3.05) is 0 Å². The topological polar surface area (TPSA) is 103 Å². The zero-order valence-corrected chi connectivity index (χ0v) is 18.1. The first-order chi connectivity index (χ1) is 13.0. The lowest BCUT2D eigenvalue weighted by Crippen LogP contribution is -2.42. The maximum absolute atomic E-state index is 12.6. The van der Waals surface area contributed by atoms with Crippen LogP contribution in [0, 0.1) is 0 Å². The summed E-state index contributed by atoms with van der Waals surface area (Å²) in [6, 6.07) is 14.3. The molecule has 1 amide bonds. The summed E-state index contributed by atoms with van der Waals surface area (Å²) in [7, 11) is 0. The van der Waals surface area contributed by atoms with Gasteiger partial charge in [-0.05, 0) is 43.2 Å². The summed E-state index contributed by atoms with van der Waals surface area (Å²) >= 11 is 0. The molecule has 0 radical (unpaired) electrons. The van der Waals surface area contributed by atoms with Crippen molar-refractivity contribution >= 4 is 42.2 Å². The second-order valence-corrected chi connectivity index (χ2v) is 6.78. The summed E-state index contributed by atoms with van der Waals surface area (Å²) in [5.74, 6) is 1.01. The fourth-order valence-corrected chi connectivity index (χ4v) is 3.14. The first-order valence-corrected chi connectivity index (χ1v) is 9.25. The number of halogens is 2. The second kappa shape index (κ2) is 11.0. The lowest BCUT2D eigenvalue weighted by molar-refractivity contribution is 0.0928. The van der Waals surface area contributed by atoms with Crippen LogP contribution in [0.15, 0.2) is 53.5 Å². The number of rotatable bonds is 6. The van der Waals surface area contributed by atoms with Gasteiger partial charge in [-0.1, -0.05) is 37.6 Å². The van der Waals surface area contributed by atoms with Crippen LogP contribution in [-0.4, -0.2) is 23.9 Å². The molecular formula is C21H28Cl2N4O2. The molecular weight excluding hydrogens is 411 g/mol. The second-order valence-electron chi connectivity index (χ2n) is 6.78. The van der Waals surface area contributed by atoms with Crippen molar-refractivity contribution in [3.05, 3.63) is 59.7 Å². The molecule has 3 unspecified atom stereocenters. The van der Waals surface area contributed by atoms with Gasteiger partial charge in [0.1, 0.15) is 17.3 Å². The van der Waals surface area contributed by atoms with Gasteiger partial charge < -0.3 is 21.5 Å². The van der Waals surface area contributed by atoms with E-state index < -0.39 is 0 Å². The quantitative estimate of drug-likeness (QED) is 0.635. The van der Waals surface area contributed by atoms with E-state index in [-0.39, 0.29) is 48.9 Å². The van der Waals surface area contributed by atoms with E-state index in [2.05, 4.69) is 17.2 Å². The van der Waals surface area contributed by atoms with Crippen LogP contribution < -0.4 is 21.5 Å². The van der Waals surface area contributed by atoms with Crippen LogP contribution in [0.5, 0.6) is 5.75 Å². The van der Waals surface area contributed by atoms with Crippen molar-refractivity contribution in [1.29, 1.82) is 0 Å². The molecule has 5 N–H and O–H groups in total. The molecule has 8 heteroatoms. The van der Waals surface area contributed by atoms with Crippen LogP contribution in [0.2, 0.25) is 0 Å². The Kier molecular flexibility index (Phi) is 9.43. The van der Waals surface area contributed by atoms with Gasteiger partial charge >= 0.3 is 0 Å². The standard InChI is InChI=1S/C21H26N4O2.2ClH/c1-3-7-16(25-21(26)14-8-5-4-6-9-14)19(22)15-10-11-18-17(12-15)24-20(23)13(2)27-18;;/h4-6,8-13,16,19H,3,7,22H2,1-2H3,(H2,23,24)(H,25,26);2*1H. The smallest absolute Gasteiger partial charge is 0.251 e. The average Bonchev–Trinajstić information content (AvgIpc) is 2.68. The molecule has 0 aliphatic carbocycles. The zero-order chi connectivity index (χ0) is 19.4. The molecule has 1 aliphatic heterocycles. The summed E-state index contributed by atoms with van der Waals surface area (Å²) in [4.78, 5) is 17.0. The van der Waals surface area contributed by atoms with Crippen LogP contribution >= 0.6 is 24.8 Å². The Hall–Kier alpha value is -2.28. The Morgan fingerprint density at radius 2 is 1.90 bits per heavy atom. The van der Waals surface area contributed by atoms with Crippen molar-refractivity contribution in [1.82, 2.24) is 5.32 Å². The lowest BCUT2D eigenvalue weighted by Gasteiger charge is -2.27. The Morgan fingerprint density at radius 1 is 1.21 bits per heavy atom. The minimum atomic E-state index is -0.362. The fraction of sp³-hybridized carbons (Fsp3) is 0.333. The molecule has 0 spiro atoms. The Bertz CT molecular complexity index is 846. The van der Waals surface area contributed by atoms with Crippen molar-refractivity contribution in [3.63, 3.8) is 0 Å². The third kappa shape index (κ3) is 5.85. The molecule has 0 aromatic heterocycles. The van der Waals surface area contributed by atoms with Gasteiger partial charge in [0.2, 0.25) is 0 Å². The number of carbonyl (C=O) groups excluding carboxylic acids is 1. The number of nitrogens with zero attached hydrogens (tertiary/aromatic N) is 1. The van der Waals surface area contributed by atoms with E-state index >= 15 is 0 Å². The molecule has 2 aromatic carbocycles. The summed E-state index contributed by atoms with van der Waals surface area (Å²) in [5, 5.41) is 3.07. The van der Waals surface area contributed by atoms with Gasteiger partial charge in [0.05, 0.1) is 6.04 Å². The number of aliphatic imine (C=N–C) groups is 1. The minimum absolute atomic E-state index is 0.